The van der Waals surface area contributed by atoms with E-state index in [0.717, 1.165) is 11.4 Å². The Hall–Kier alpha value is -0.830. The minimum atomic E-state index is 1.09. The van der Waals surface area contributed by atoms with Crippen LogP contribution in [0.2, 0.25) is 0 Å². The van der Waals surface area contributed by atoms with Crippen molar-refractivity contribution in [2.45, 2.75) is 19.8 Å². The molecule has 0 spiro atoms. The van der Waals surface area contributed by atoms with E-state index in [2.05, 4.69) is 27.9 Å². The van der Waals surface area contributed by atoms with Crippen LogP contribution in [0.5, 0.6) is 0 Å². The van der Waals surface area contributed by atoms with E-state index < -0.39 is 0 Å². The van der Waals surface area contributed by atoms with Crippen molar-refractivity contribution in [3.8, 4) is 0 Å². The first kappa shape index (κ1) is 6.85. The van der Waals surface area contributed by atoms with Gasteiger partial charge in [-0.3, -0.25) is 4.40 Å². The van der Waals surface area contributed by atoms with E-state index in [4.69, 9.17) is 0 Å². The predicted octanol–water partition coefficient (Wildman–Crippen LogP) is 2.35. The number of thiazole rings is 1. The van der Waals surface area contributed by atoms with Crippen LogP contribution in [0.1, 0.15) is 19.0 Å². The molecular weight excluding hydrogens is 156 g/mol. The van der Waals surface area contributed by atoms with Crippen LogP contribution in [0, 0.1) is 0 Å². The summed E-state index contributed by atoms with van der Waals surface area (Å²) in [6.45, 7) is 2.17. The number of fused-ring (bicyclic) bond motifs is 1. The van der Waals surface area contributed by atoms with Gasteiger partial charge in [0.15, 0.2) is 4.96 Å². The summed E-state index contributed by atoms with van der Waals surface area (Å²) in [5.41, 5.74) is 1.21. The van der Waals surface area contributed by atoms with E-state index in [1.54, 1.807) is 11.3 Å². The molecule has 0 amide bonds. The molecule has 0 aliphatic heterocycles. The highest BCUT2D eigenvalue weighted by molar-refractivity contribution is 7.15. The second kappa shape index (κ2) is 2.66. The van der Waals surface area contributed by atoms with E-state index >= 15 is 0 Å². The van der Waals surface area contributed by atoms with Gasteiger partial charge < -0.3 is 0 Å². The Morgan fingerprint density at radius 2 is 2.55 bits per heavy atom. The van der Waals surface area contributed by atoms with Crippen molar-refractivity contribution >= 4 is 16.3 Å². The number of imidazole rings is 1. The maximum absolute atomic E-state index is 4.44. The molecule has 0 saturated carbocycles. The molecule has 11 heavy (non-hydrogen) atoms. The fourth-order valence-electron chi connectivity index (χ4n) is 1.15. The van der Waals surface area contributed by atoms with Gasteiger partial charge in [-0.2, -0.15) is 0 Å². The quantitative estimate of drug-likeness (QED) is 0.669. The predicted molar refractivity (Wildman–Crippen MR) is 47.1 cm³/mol. The second-order valence-corrected chi connectivity index (χ2v) is 3.45. The molecule has 0 fully saturated rings. The molecule has 2 aromatic heterocycles. The monoisotopic (exact) mass is 166 g/mol. The molecule has 0 aliphatic carbocycles. The Morgan fingerprint density at radius 3 is 3.27 bits per heavy atom. The topological polar surface area (TPSA) is 17.3 Å². The lowest BCUT2D eigenvalue weighted by molar-refractivity contribution is 0.894. The molecule has 0 aromatic carbocycles. The van der Waals surface area contributed by atoms with E-state index in [9.17, 15) is 0 Å². The fraction of sp³-hybridized carbons (Fsp3) is 0.375. The number of hydrogen-bond acceptors (Lipinski definition) is 2. The summed E-state index contributed by atoms with van der Waals surface area (Å²) < 4.78 is 2.08. The first-order valence-corrected chi connectivity index (χ1v) is 4.69. The average Bonchev–Trinajstić information content (AvgIpc) is 2.46. The van der Waals surface area contributed by atoms with Crippen LogP contribution in [0.3, 0.4) is 0 Å². The third-order valence-corrected chi connectivity index (χ3v) is 2.42. The third-order valence-electron chi connectivity index (χ3n) is 1.65. The van der Waals surface area contributed by atoms with Crippen molar-refractivity contribution in [1.29, 1.82) is 0 Å². The van der Waals surface area contributed by atoms with Crippen LogP contribution in [-0.4, -0.2) is 9.38 Å². The van der Waals surface area contributed by atoms with Crippen molar-refractivity contribution in [2.75, 3.05) is 0 Å². The van der Waals surface area contributed by atoms with Crippen LogP contribution in [0.15, 0.2) is 17.8 Å². The molecule has 3 heteroatoms. The largest absolute Gasteiger partial charge is 0.297 e. The van der Waals surface area contributed by atoms with Crippen molar-refractivity contribution < 1.29 is 0 Å². The van der Waals surface area contributed by atoms with Gasteiger partial charge in [0.05, 0.1) is 5.69 Å². The minimum Gasteiger partial charge on any atom is -0.297 e. The van der Waals surface area contributed by atoms with E-state index in [0.29, 0.717) is 0 Å². The zero-order chi connectivity index (χ0) is 7.68. The standard InChI is InChI=1S/C8H10N2S/c1-2-3-7-6-10-4-5-11-8(10)9-7/h4-6H,2-3H2,1H3. The molecule has 0 bridgehead atoms. The highest BCUT2D eigenvalue weighted by Gasteiger charge is 1.99. The van der Waals surface area contributed by atoms with Gasteiger partial charge in [0.25, 0.3) is 0 Å². The van der Waals surface area contributed by atoms with Crippen LogP contribution in [0.25, 0.3) is 4.96 Å². The second-order valence-electron chi connectivity index (χ2n) is 2.58. The third kappa shape index (κ3) is 1.16. The van der Waals surface area contributed by atoms with Crippen molar-refractivity contribution in [3.63, 3.8) is 0 Å². The Labute approximate surface area is 69.5 Å². The lowest BCUT2D eigenvalue weighted by atomic mass is 10.3. The molecule has 0 radical (unpaired) electrons. The highest BCUT2D eigenvalue weighted by atomic mass is 32.1. The highest BCUT2D eigenvalue weighted by Crippen LogP contribution is 2.11. The summed E-state index contributed by atoms with van der Waals surface area (Å²) in [7, 11) is 0. The first-order chi connectivity index (χ1) is 5.40. The van der Waals surface area contributed by atoms with Crippen LogP contribution < -0.4 is 0 Å². The van der Waals surface area contributed by atoms with E-state index in [1.807, 2.05) is 6.20 Å². The Balaban J connectivity index is 2.42. The smallest absolute Gasteiger partial charge is 0.193 e. The van der Waals surface area contributed by atoms with Crippen LogP contribution in [-0.2, 0) is 6.42 Å². The molecule has 2 rings (SSSR count). The summed E-state index contributed by atoms with van der Waals surface area (Å²) in [5.74, 6) is 0. The van der Waals surface area contributed by atoms with Gasteiger partial charge in [-0.25, -0.2) is 4.98 Å². The van der Waals surface area contributed by atoms with Gasteiger partial charge in [0.1, 0.15) is 0 Å². The Bertz CT molecular complexity index is 319. The first-order valence-electron chi connectivity index (χ1n) is 3.81. The normalized spacial score (nSPS) is 11.0. The Morgan fingerprint density at radius 1 is 1.64 bits per heavy atom. The van der Waals surface area contributed by atoms with E-state index in [-0.39, 0.29) is 0 Å². The molecule has 0 N–H and O–H groups in total. The van der Waals surface area contributed by atoms with Gasteiger partial charge in [-0.15, -0.1) is 11.3 Å². The van der Waals surface area contributed by atoms with Gasteiger partial charge >= 0.3 is 0 Å². The maximum atomic E-state index is 4.44. The molecule has 0 atom stereocenters. The van der Waals surface area contributed by atoms with Gasteiger partial charge in [0, 0.05) is 17.8 Å². The molecule has 0 saturated heterocycles. The summed E-state index contributed by atoms with van der Waals surface area (Å²) in [5, 5.41) is 2.05. The summed E-state index contributed by atoms with van der Waals surface area (Å²) in [6, 6.07) is 0. The number of nitrogens with zero attached hydrogens (tertiary/aromatic N) is 2. The van der Waals surface area contributed by atoms with Gasteiger partial charge in [0.2, 0.25) is 0 Å². The molecule has 0 unspecified atom stereocenters. The summed E-state index contributed by atoms with van der Waals surface area (Å²) in [6.07, 6.45) is 6.42. The average molecular weight is 166 g/mol. The summed E-state index contributed by atoms with van der Waals surface area (Å²) >= 11 is 1.69. The zero-order valence-corrected chi connectivity index (χ0v) is 7.27. The SMILES string of the molecule is CCCc1cn2ccsc2n1. The lowest BCUT2D eigenvalue weighted by Gasteiger charge is -1.85. The lowest BCUT2D eigenvalue weighted by Crippen LogP contribution is -1.80. The minimum absolute atomic E-state index is 1.09. The number of aromatic nitrogens is 2. The number of aryl methyl sites for hydroxylation is 1. The molecule has 2 heterocycles. The summed E-state index contributed by atoms with van der Waals surface area (Å²) in [4.78, 5) is 5.55. The van der Waals surface area contributed by atoms with Crippen molar-refractivity contribution in [3.05, 3.63) is 23.5 Å². The van der Waals surface area contributed by atoms with Gasteiger partial charge in [-0.05, 0) is 6.42 Å². The van der Waals surface area contributed by atoms with E-state index in [1.165, 1.54) is 12.1 Å². The number of hydrogen-bond donors (Lipinski definition) is 0. The van der Waals surface area contributed by atoms with Crippen LogP contribution in [0.4, 0.5) is 0 Å². The molecule has 2 nitrogen and oxygen atoms in total. The van der Waals surface area contributed by atoms with Gasteiger partial charge in [-0.1, -0.05) is 13.3 Å². The molecular formula is C8H10N2S. The van der Waals surface area contributed by atoms with Crippen LogP contribution >= 0.6 is 11.3 Å². The fourth-order valence-corrected chi connectivity index (χ4v) is 1.87. The van der Waals surface area contributed by atoms with Crippen molar-refractivity contribution in [2.24, 2.45) is 0 Å². The molecule has 0 aliphatic rings. The molecule has 2 aromatic rings. The van der Waals surface area contributed by atoms with Crippen molar-refractivity contribution in [1.82, 2.24) is 9.38 Å². The maximum Gasteiger partial charge on any atom is 0.193 e. The zero-order valence-electron chi connectivity index (χ0n) is 6.45. The number of rotatable bonds is 2. The molecule has 58 valence electrons. The Kier molecular flexibility index (Phi) is 1.66.